The lowest BCUT2D eigenvalue weighted by Crippen LogP contribution is -2.24. The van der Waals surface area contributed by atoms with Crippen molar-refractivity contribution in [2.45, 2.75) is 13.5 Å². The van der Waals surface area contributed by atoms with E-state index in [1.54, 1.807) is 4.57 Å². The van der Waals surface area contributed by atoms with Gasteiger partial charge in [-0.15, -0.1) is 0 Å². The van der Waals surface area contributed by atoms with Crippen LogP contribution >= 0.6 is 15.9 Å². The first-order chi connectivity index (χ1) is 8.66. The molecule has 0 spiro atoms. The molecule has 0 unspecified atom stereocenters. The minimum Gasteiger partial charge on any atom is -0.383 e. The Hall–Kier alpha value is -1.55. The number of aromatic nitrogens is 1. The van der Waals surface area contributed by atoms with E-state index in [-0.39, 0.29) is 5.56 Å². The normalized spacial score (nSPS) is 10.3. The fourth-order valence-electron chi connectivity index (χ4n) is 1.72. The van der Waals surface area contributed by atoms with Crippen molar-refractivity contribution in [3.8, 4) is 0 Å². The summed E-state index contributed by atoms with van der Waals surface area (Å²) in [5.41, 5.74) is 1.91. The number of anilines is 1. The predicted molar refractivity (Wildman–Crippen MR) is 78.1 cm³/mol. The van der Waals surface area contributed by atoms with E-state index in [2.05, 4.69) is 21.2 Å². The number of hydrogen-bond acceptors (Lipinski definition) is 2. The van der Waals surface area contributed by atoms with Crippen molar-refractivity contribution >= 4 is 21.6 Å². The first kappa shape index (κ1) is 12.9. The summed E-state index contributed by atoms with van der Waals surface area (Å²) in [5, 5.41) is 3.29. The Labute approximate surface area is 115 Å². The lowest BCUT2D eigenvalue weighted by molar-refractivity contribution is 0.693. The van der Waals surface area contributed by atoms with Crippen molar-refractivity contribution in [3.63, 3.8) is 0 Å². The van der Waals surface area contributed by atoms with Gasteiger partial charge in [0.25, 0.3) is 5.56 Å². The summed E-state index contributed by atoms with van der Waals surface area (Å²) in [5.74, 6) is 0. The average Bonchev–Trinajstić information content (AvgIpc) is 2.37. The van der Waals surface area contributed by atoms with E-state index >= 15 is 0 Å². The number of aryl methyl sites for hydroxylation is 1. The molecule has 1 heterocycles. The summed E-state index contributed by atoms with van der Waals surface area (Å²) in [6, 6.07) is 11.7. The topological polar surface area (TPSA) is 34.0 Å². The van der Waals surface area contributed by atoms with Gasteiger partial charge in [0.2, 0.25) is 0 Å². The number of rotatable bonds is 4. The molecule has 0 amide bonds. The van der Waals surface area contributed by atoms with Gasteiger partial charge in [-0.25, -0.2) is 0 Å². The molecule has 0 aliphatic rings. The lowest BCUT2D eigenvalue weighted by Gasteiger charge is -2.09. The number of benzene rings is 1. The fraction of sp³-hybridized carbons (Fsp3) is 0.214. The average molecular weight is 307 g/mol. The van der Waals surface area contributed by atoms with E-state index in [1.165, 1.54) is 0 Å². The molecule has 0 atom stereocenters. The van der Waals surface area contributed by atoms with Crippen LogP contribution in [0.4, 0.5) is 5.69 Å². The van der Waals surface area contributed by atoms with Crippen LogP contribution in [0.2, 0.25) is 0 Å². The number of nitrogens with one attached hydrogen (secondary N) is 1. The van der Waals surface area contributed by atoms with E-state index < -0.39 is 0 Å². The lowest BCUT2D eigenvalue weighted by atomic mass is 10.3. The molecule has 1 aromatic carbocycles. The van der Waals surface area contributed by atoms with Crippen molar-refractivity contribution in [2.75, 3.05) is 11.9 Å². The van der Waals surface area contributed by atoms with Gasteiger partial charge in [0.05, 0.1) is 0 Å². The second kappa shape index (κ2) is 5.87. The zero-order chi connectivity index (χ0) is 13.0. The van der Waals surface area contributed by atoms with Gasteiger partial charge < -0.3 is 9.88 Å². The van der Waals surface area contributed by atoms with E-state index in [0.29, 0.717) is 6.54 Å². The second-order valence-electron chi connectivity index (χ2n) is 4.12. The van der Waals surface area contributed by atoms with Gasteiger partial charge in [-0.05, 0) is 37.3 Å². The molecule has 18 heavy (non-hydrogen) atoms. The van der Waals surface area contributed by atoms with Crippen molar-refractivity contribution in [2.24, 2.45) is 0 Å². The van der Waals surface area contributed by atoms with Crippen molar-refractivity contribution in [1.29, 1.82) is 0 Å². The van der Waals surface area contributed by atoms with Crippen LogP contribution in [0.3, 0.4) is 0 Å². The van der Waals surface area contributed by atoms with E-state index in [9.17, 15) is 4.79 Å². The summed E-state index contributed by atoms with van der Waals surface area (Å²) < 4.78 is 2.78. The summed E-state index contributed by atoms with van der Waals surface area (Å²) in [7, 11) is 0. The molecule has 94 valence electrons. The summed E-state index contributed by atoms with van der Waals surface area (Å²) in [4.78, 5) is 11.8. The molecule has 2 rings (SSSR count). The zero-order valence-corrected chi connectivity index (χ0v) is 11.8. The van der Waals surface area contributed by atoms with Gasteiger partial charge in [0.1, 0.15) is 0 Å². The van der Waals surface area contributed by atoms with Gasteiger partial charge >= 0.3 is 0 Å². The molecule has 0 aliphatic carbocycles. The summed E-state index contributed by atoms with van der Waals surface area (Å²) >= 11 is 3.39. The van der Waals surface area contributed by atoms with Gasteiger partial charge in [0, 0.05) is 35.0 Å². The van der Waals surface area contributed by atoms with Crippen LogP contribution in [0.5, 0.6) is 0 Å². The summed E-state index contributed by atoms with van der Waals surface area (Å²) in [6.07, 6.45) is 1.82. The van der Waals surface area contributed by atoms with Crippen molar-refractivity contribution in [3.05, 3.63) is 63.0 Å². The fourth-order valence-corrected chi connectivity index (χ4v) is 1.99. The SMILES string of the molecule is Cc1cccn(CCNc2ccc(Br)cc2)c1=O. The van der Waals surface area contributed by atoms with Crippen molar-refractivity contribution < 1.29 is 0 Å². The maximum absolute atomic E-state index is 11.8. The van der Waals surface area contributed by atoms with Crippen LogP contribution < -0.4 is 10.9 Å². The maximum atomic E-state index is 11.8. The van der Waals surface area contributed by atoms with Crippen LogP contribution in [0.1, 0.15) is 5.56 Å². The molecule has 0 fully saturated rings. The first-order valence-corrected chi connectivity index (χ1v) is 6.61. The second-order valence-corrected chi connectivity index (χ2v) is 5.04. The highest BCUT2D eigenvalue weighted by Crippen LogP contribution is 2.13. The molecule has 0 saturated carbocycles. The molecule has 1 N–H and O–H groups in total. The minimum absolute atomic E-state index is 0.0788. The third-order valence-corrected chi connectivity index (χ3v) is 3.27. The maximum Gasteiger partial charge on any atom is 0.253 e. The first-order valence-electron chi connectivity index (χ1n) is 5.82. The molecule has 4 heteroatoms. The van der Waals surface area contributed by atoms with E-state index in [1.807, 2.05) is 49.5 Å². The Balaban J connectivity index is 1.94. The van der Waals surface area contributed by atoms with Gasteiger partial charge in [-0.3, -0.25) is 4.79 Å². The van der Waals surface area contributed by atoms with E-state index in [4.69, 9.17) is 0 Å². The zero-order valence-electron chi connectivity index (χ0n) is 10.2. The molecule has 0 bridgehead atoms. The minimum atomic E-state index is 0.0788. The monoisotopic (exact) mass is 306 g/mol. The van der Waals surface area contributed by atoms with Crippen LogP contribution in [-0.2, 0) is 6.54 Å². The van der Waals surface area contributed by atoms with Crippen LogP contribution in [0, 0.1) is 6.92 Å². The predicted octanol–water partition coefficient (Wildman–Crippen LogP) is 3.03. The Kier molecular flexibility index (Phi) is 4.20. The molecule has 0 aliphatic heterocycles. The number of halogens is 1. The van der Waals surface area contributed by atoms with Gasteiger partial charge in [0.15, 0.2) is 0 Å². The van der Waals surface area contributed by atoms with Crippen molar-refractivity contribution in [1.82, 2.24) is 4.57 Å². The molecular formula is C14H15BrN2O. The molecule has 0 saturated heterocycles. The smallest absolute Gasteiger partial charge is 0.253 e. The molecule has 0 radical (unpaired) electrons. The number of pyridine rings is 1. The van der Waals surface area contributed by atoms with E-state index in [0.717, 1.165) is 22.3 Å². The third kappa shape index (κ3) is 3.23. The number of nitrogens with zero attached hydrogens (tertiary/aromatic N) is 1. The molecular weight excluding hydrogens is 292 g/mol. The molecule has 3 nitrogen and oxygen atoms in total. The number of hydrogen-bond donors (Lipinski definition) is 1. The highest BCUT2D eigenvalue weighted by Gasteiger charge is 1.98. The Morgan fingerprint density at radius 2 is 1.94 bits per heavy atom. The third-order valence-electron chi connectivity index (χ3n) is 2.74. The Morgan fingerprint density at radius 1 is 1.22 bits per heavy atom. The molecule has 2 aromatic rings. The van der Waals surface area contributed by atoms with Crippen LogP contribution in [-0.4, -0.2) is 11.1 Å². The Bertz CT molecular complexity index is 575. The van der Waals surface area contributed by atoms with Gasteiger partial charge in [-0.1, -0.05) is 22.0 Å². The van der Waals surface area contributed by atoms with Crippen LogP contribution in [0.15, 0.2) is 51.9 Å². The highest BCUT2D eigenvalue weighted by molar-refractivity contribution is 9.10. The Morgan fingerprint density at radius 3 is 2.67 bits per heavy atom. The standard InChI is InChI=1S/C14H15BrN2O/c1-11-3-2-9-17(14(11)18)10-8-16-13-6-4-12(15)5-7-13/h2-7,9,16H,8,10H2,1H3. The summed E-state index contributed by atoms with van der Waals surface area (Å²) in [6.45, 7) is 3.22. The largest absolute Gasteiger partial charge is 0.383 e. The van der Waals surface area contributed by atoms with Crippen LogP contribution in [0.25, 0.3) is 0 Å². The quantitative estimate of drug-likeness (QED) is 0.942. The molecule has 1 aromatic heterocycles. The van der Waals surface area contributed by atoms with Gasteiger partial charge in [-0.2, -0.15) is 0 Å². The highest BCUT2D eigenvalue weighted by atomic mass is 79.9.